The van der Waals surface area contributed by atoms with E-state index in [-0.39, 0.29) is 12.2 Å². The topological polar surface area (TPSA) is 92.5 Å². The Morgan fingerprint density at radius 2 is 2.04 bits per heavy atom. The van der Waals surface area contributed by atoms with Crippen LogP contribution in [0.3, 0.4) is 0 Å². The van der Waals surface area contributed by atoms with Crippen molar-refractivity contribution in [1.82, 2.24) is 25.6 Å². The van der Waals surface area contributed by atoms with Crippen molar-refractivity contribution in [2.75, 3.05) is 5.32 Å². The second-order valence-corrected chi connectivity index (χ2v) is 5.99. The van der Waals surface area contributed by atoms with Crippen LogP contribution < -0.4 is 5.32 Å². The fourth-order valence-corrected chi connectivity index (χ4v) is 2.72. The van der Waals surface area contributed by atoms with Crippen molar-refractivity contribution in [3.05, 3.63) is 52.8 Å². The lowest BCUT2D eigenvalue weighted by molar-refractivity contribution is -0.137. The molecule has 0 atom stereocenters. The molecule has 3 aromatic heterocycles. The number of nitrogens with zero attached hydrogens (tertiary/aromatic N) is 4. The molecule has 0 saturated carbocycles. The van der Waals surface area contributed by atoms with Gasteiger partial charge in [-0.25, -0.2) is 4.98 Å². The fourth-order valence-electron chi connectivity index (χ4n) is 2.51. The Bertz CT molecular complexity index is 1090. The largest absolute Gasteiger partial charge is 0.453 e. The molecular weight excluding hydrogens is 385 g/mol. The van der Waals surface area contributed by atoms with E-state index in [1.165, 1.54) is 6.20 Å². The Labute approximate surface area is 154 Å². The summed E-state index contributed by atoms with van der Waals surface area (Å²) in [6.45, 7) is 0.273. The number of furan rings is 1. The summed E-state index contributed by atoms with van der Waals surface area (Å²) < 4.78 is 44.4. The van der Waals surface area contributed by atoms with Crippen molar-refractivity contribution in [2.45, 2.75) is 12.7 Å². The monoisotopic (exact) mass is 394 g/mol. The van der Waals surface area contributed by atoms with Gasteiger partial charge in [-0.1, -0.05) is 23.7 Å². The van der Waals surface area contributed by atoms with Gasteiger partial charge >= 0.3 is 6.18 Å². The second kappa shape index (κ2) is 6.54. The normalized spacial score (nSPS) is 11.9. The third-order valence-electron chi connectivity index (χ3n) is 3.79. The van der Waals surface area contributed by atoms with Crippen LogP contribution in [0.15, 0.2) is 40.9 Å². The number of benzene rings is 1. The highest BCUT2D eigenvalue weighted by Crippen LogP contribution is 2.35. The summed E-state index contributed by atoms with van der Waals surface area (Å²) in [5, 5.41) is 16.7. The number of hydrogen-bond donors (Lipinski definition) is 2. The molecule has 0 aliphatic rings. The number of aromatic nitrogens is 5. The molecule has 0 aliphatic carbocycles. The summed E-state index contributed by atoms with van der Waals surface area (Å²) in [6, 6.07) is 8.14. The second-order valence-electron chi connectivity index (χ2n) is 5.63. The summed E-state index contributed by atoms with van der Waals surface area (Å²) in [5.74, 6) is 0.790. The van der Waals surface area contributed by atoms with Gasteiger partial charge in [0.1, 0.15) is 10.7 Å². The molecular formula is C16H10ClF3N6O. The van der Waals surface area contributed by atoms with Gasteiger partial charge in [-0.05, 0) is 29.0 Å². The highest BCUT2D eigenvalue weighted by atomic mass is 35.5. The minimum absolute atomic E-state index is 0.207. The molecule has 138 valence electrons. The van der Waals surface area contributed by atoms with Gasteiger partial charge in [0, 0.05) is 11.9 Å². The van der Waals surface area contributed by atoms with Gasteiger partial charge in [0.15, 0.2) is 5.76 Å². The van der Waals surface area contributed by atoms with Gasteiger partial charge in [0.05, 0.1) is 17.4 Å². The molecule has 0 fully saturated rings. The smallest absolute Gasteiger partial charge is 0.419 e. The van der Waals surface area contributed by atoms with Crippen LogP contribution in [0.25, 0.3) is 22.6 Å². The molecule has 0 amide bonds. The molecule has 2 N–H and O–H groups in total. The number of H-pyrrole nitrogens is 1. The van der Waals surface area contributed by atoms with E-state index in [4.69, 9.17) is 16.0 Å². The number of alkyl halides is 3. The number of aromatic amines is 1. The van der Waals surface area contributed by atoms with Crippen molar-refractivity contribution in [2.24, 2.45) is 0 Å². The van der Waals surface area contributed by atoms with Crippen LogP contribution in [-0.2, 0) is 12.7 Å². The zero-order chi connectivity index (χ0) is 19.0. The van der Waals surface area contributed by atoms with Crippen LogP contribution in [0.5, 0.6) is 0 Å². The zero-order valence-electron chi connectivity index (χ0n) is 13.4. The third-order valence-corrected chi connectivity index (χ3v) is 4.09. The fraction of sp³-hybridized carbons (Fsp3) is 0.125. The van der Waals surface area contributed by atoms with Crippen LogP contribution in [0.1, 0.15) is 11.1 Å². The van der Waals surface area contributed by atoms with E-state index < -0.39 is 16.9 Å². The number of halogens is 4. The molecule has 1 aromatic carbocycles. The maximum atomic E-state index is 12.9. The molecule has 7 nitrogen and oxygen atoms in total. The van der Waals surface area contributed by atoms with E-state index >= 15 is 0 Å². The first-order valence-electron chi connectivity index (χ1n) is 7.63. The maximum Gasteiger partial charge on any atom is 0.419 e. The molecule has 3 heterocycles. The van der Waals surface area contributed by atoms with E-state index in [0.29, 0.717) is 17.2 Å². The summed E-state index contributed by atoms with van der Waals surface area (Å²) in [5.41, 5.74) is 0.624. The summed E-state index contributed by atoms with van der Waals surface area (Å²) in [7, 11) is 0. The van der Waals surface area contributed by atoms with Crippen molar-refractivity contribution < 1.29 is 17.6 Å². The lowest BCUT2D eigenvalue weighted by Crippen LogP contribution is -2.08. The van der Waals surface area contributed by atoms with Gasteiger partial charge in [-0.3, -0.25) is 0 Å². The first kappa shape index (κ1) is 17.3. The number of nitrogens with one attached hydrogen (secondary N) is 2. The van der Waals surface area contributed by atoms with Crippen molar-refractivity contribution >= 4 is 28.3 Å². The number of rotatable bonds is 4. The summed E-state index contributed by atoms with van der Waals surface area (Å²) >= 11 is 5.52. The van der Waals surface area contributed by atoms with Gasteiger partial charge in [0.2, 0.25) is 5.82 Å². The first-order chi connectivity index (χ1) is 12.9. The first-order valence-corrected chi connectivity index (χ1v) is 8.01. The molecule has 4 rings (SSSR count). The minimum Gasteiger partial charge on any atom is -0.453 e. The molecule has 0 unspecified atom stereocenters. The quantitative estimate of drug-likeness (QED) is 0.501. The van der Waals surface area contributed by atoms with Crippen LogP contribution in [-0.4, -0.2) is 25.6 Å². The molecule has 0 bridgehead atoms. The number of tetrazole rings is 1. The molecule has 27 heavy (non-hydrogen) atoms. The Morgan fingerprint density at radius 3 is 2.78 bits per heavy atom. The van der Waals surface area contributed by atoms with E-state index in [1.807, 2.05) is 12.1 Å². The van der Waals surface area contributed by atoms with Crippen LogP contribution >= 0.6 is 11.6 Å². The lowest BCUT2D eigenvalue weighted by Gasteiger charge is -2.11. The Morgan fingerprint density at radius 1 is 1.19 bits per heavy atom. The molecule has 4 aromatic rings. The zero-order valence-corrected chi connectivity index (χ0v) is 14.1. The Kier molecular flexibility index (Phi) is 4.19. The number of hydrogen-bond acceptors (Lipinski definition) is 6. The maximum absolute atomic E-state index is 12.9. The molecule has 0 spiro atoms. The van der Waals surface area contributed by atoms with Crippen molar-refractivity contribution in [3.8, 4) is 11.6 Å². The number of fused-ring (bicyclic) bond motifs is 1. The van der Waals surface area contributed by atoms with Crippen molar-refractivity contribution in [3.63, 3.8) is 0 Å². The van der Waals surface area contributed by atoms with E-state index in [9.17, 15) is 13.2 Å². The van der Waals surface area contributed by atoms with Gasteiger partial charge in [0.25, 0.3) is 0 Å². The molecule has 0 aliphatic heterocycles. The average molecular weight is 395 g/mol. The predicted molar refractivity (Wildman–Crippen MR) is 91.0 cm³/mol. The molecule has 11 heteroatoms. The van der Waals surface area contributed by atoms with E-state index in [2.05, 4.69) is 30.9 Å². The van der Waals surface area contributed by atoms with Gasteiger partial charge in [-0.15, -0.1) is 10.2 Å². The Hall–Kier alpha value is -3.14. The van der Waals surface area contributed by atoms with Crippen LogP contribution in [0.4, 0.5) is 18.9 Å². The summed E-state index contributed by atoms with van der Waals surface area (Å²) in [6.07, 6.45) is -3.32. The van der Waals surface area contributed by atoms with E-state index in [0.717, 1.165) is 17.0 Å². The average Bonchev–Trinajstić information content (AvgIpc) is 3.28. The van der Waals surface area contributed by atoms with E-state index in [1.54, 1.807) is 12.1 Å². The SMILES string of the molecule is FC(F)(F)c1cc(NCc2ccc3cc(-c4nn[nH]n4)oc3c2)cnc1Cl. The van der Waals surface area contributed by atoms with Crippen LogP contribution in [0, 0.1) is 0 Å². The third kappa shape index (κ3) is 3.56. The lowest BCUT2D eigenvalue weighted by atomic mass is 10.1. The highest BCUT2D eigenvalue weighted by molar-refractivity contribution is 6.30. The molecule has 0 saturated heterocycles. The van der Waals surface area contributed by atoms with Crippen molar-refractivity contribution in [1.29, 1.82) is 0 Å². The Balaban J connectivity index is 1.54. The standard InChI is InChI=1S/C16H10ClF3N6O/c17-14-11(16(18,19)20)5-10(7-22-14)21-6-8-1-2-9-4-13(27-12(9)3-8)15-23-25-26-24-15/h1-5,7,21H,6H2,(H,23,24,25,26). The number of anilines is 1. The molecule has 0 radical (unpaired) electrons. The van der Waals surface area contributed by atoms with Crippen LogP contribution in [0.2, 0.25) is 5.15 Å². The predicted octanol–water partition coefficient (Wildman–Crippen LogP) is 4.29. The summed E-state index contributed by atoms with van der Waals surface area (Å²) in [4.78, 5) is 3.58. The van der Waals surface area contributed by atoms with Gasteiger partial charge in [-0.2, -0.15) is 18.4 Å². The number of pyridine rings is 1. The minimum atomic E-state index is -4.57. The highest BCUT2D eigenvalue weighted by Gasteiger charge is 2.34. The van der Waals surface area contributed by atoms with Gasteiger partial charge < -0.3 is 9.73 Å².